The van der Waals surface area contributed by atoms with Crippen LogP contribution in [0.4, 0.5) is 4.79 Å². The van der Waals surface area contributed by atoms with Crippen LogP contribution in [-0.2, 0) is 36.8 Å². The van der Waals surface area contributed by atoms with Gasteiger partial charge in [0.15, 0.2) is 0 Å². The van der Waals surface area contributed by atoms with Gasteiger partial charge in [0, 0.05) is 6.04 Å². The second-order valence-electron chi connectivity index (χ2n) is 14.6. The summed E-state index contributed by atoms with van der Waals surface area (Å²) in [5, 5.41) is 25.0. The van der Waals surface area contributed by atoms with Crippen molar-refractivity contribution in [3.8, 4) is 0 Å². The molecule has 12 nitrogen and oxygen atoms in total. The molecule has 0 fully saturated rings. The largest absolute Gasteiger partial charge is 0.444 e. The summed E-state index contributed by atoms with van der Waals surface area (Å²) in [6.07, 6.45) is -1.64. The first-order valence-electron chi connectivity index (χ1n) is 17.3. The highest BCUT2D eigenvalue weighted by atomic mass is 16.6. The molecular weight excluding hydrogens is 638 g/mol. The first-order chi connectivity index (χ1) is 23.4. The van der Waals surface area contributed by atoms with Crippen molar-refractivity contribution < 1.29 is 33.8 Å². The van der Waals surface area contributed by atoms with Gasteiger partial charge in [-0.2, -0.15) is 0 Å². The molecule has 2 rings (SSSR count). The maximum Gasteiger partial charge on any atom is 0.408 e. The lowest BCUT2D eigenvalue weighted by molar-refractivity contribution is -0.133. The molecule has 6 N–H and O–H groups in total. The van der Waals surface area contributed by atoms with E-state index in [2.05, 4.69) is 26.6 Å². The summed E-state index contributed by atoms with van der Waals surface area (Å²) in [6, 6.07) is 15.0. The molecule has 0 saturated heterocycles. The van der Waals surface area contributed by atoms with Crippen molar-refractivity contribution in [3.63, 3.8) is 0 Å². The Morgan fingerprint density at radius 2 is 1.12 bits per heavy atom. The molecule has 0 unspecified atom stereocenters. The molecule has 6 atom stereocenters. The monoisotopic (exact) mass is 695 g/mol. The van der Waals surface area contributed by atoms with Gasteiger partial charge in [-0.15, -0.1) is 0 Å². The highest BCUT2D eigenvalue weighted by Gasteiger charge is 2.34. The Morgan fingerprint density at radius 1 is 0.640 bits per heavy atom. The third-order valence-corrected chi connectivity index (χ3v) is 7.90. The Bertz CT molecular complexity index is 1400. The summed E-state index contributed by atoms with van der Waals surface area (Å²) >= 11 is 0. The zero-order valence-corrected chi connectivity index (χ0v) is 30.9. The lowest BCUT2D eigenvalue weighted by atomic mass is 9.96. The van der Waals surface area contributed by atoms with Crippen LogP contribution in [0.2, 0.25) is 0 Å². The van der Waals surface area contributed by atoms with E-state index in [1.165, 1.54) is 0 Å². The minimum absolute atomic E-state index is 0.168. The number of aliphatic hydroxyl groups excluding tert-OH is 1. The van der Waals surface area contributed by atoms with Crippen LogP contribution >= 0.6 is 0 Å². The van der Waals surface area contributed by atoms with Crippen LogP contribution in [-0.4, -0.2) is 76.7 Å². The van der Waals surface area contributed by atoms with Gasteiger partial charge >= 0.3 is 6.09 Å². The van der Waals surface area contributed by atoms with Gasteiger partial charge in [0.05, 0.1) is 18.6 Å². The van der Waals surface area contributed by atoms with E-state index >= 15 is 0 Å². The number of carbonyl (C=O) groups is 5. The molecule has 0 bridgehead atoms. The number of hydrogen-bond donors (Lipinski definition) is 6. The predicted octanol–water partition coefficient (Wildman–Crippen LogP) is 3.41. The Morgan fingerprint density at radius 3 is 1.62 bits per heavy atom. The summed E-state index contributed by atoms with van der Waals surface area (Å²) in [4.78, 5) is 65.4. The molecule has 0 radical (unpaired) electrons. The van der Waals surface area contributed by atoms with E-state index < -0.39 is 59.7 Å². The Labute approximate surface area is 296 Å². The lowest BCUT2D eigenvalue weighted by Crippen LogP contribution is -2.59. The third-order valence-electron chi connectivity index (χ3n) is 7.90. The van der Waals surface area contributed by atoms with E-state index in [0.29, 0.717) is 6.42 Å². The molecule has 2 aromatic rings. The first-order valence-corrected chi connectivity index (χ1v) is 17.3. The standard InChI is InChI=1S/C38H57N5O7/c1-23(2)32(42-36(48)33(24(3)4)43-37(49)50-38(7,8)9)35(47)41-29(21-28-18-14-11-15-19-28)30(44)22-31(45)40-26(6)34(46)39-25(5)20-27-16-12-10-13-17-27/h10-19,23-26,29-30,32-33,44H,20-22H2,1-9H3,(H,39,46)(H,40,45)(H,41,47)(H,42,48)(H,43,49)/t25-,26+,29+,30+,32+,33+/m1/s1. The zero-order chi connectivity index (χ0) is 37.6. The second kappa shape index (κ2) is 19.7. The van der Waals surface area contributed by atoms with E-state index in [4.69, 9.17) is 4.74 Å². The molecule has 2 aromatic carbocycles. The van der Waals surface area contributed by atoms with Gasteiger partial charge in [-0.05, 0) is 70.4 Å². The fraction of sp³-hybridized carbons (Fsp3) is 0.553. The highest BCUT2D eigenvalue weighted by Crippen LogP contribution is 2.13. The molecule has 5 amide bonds. The highest BCUT2D eigenvalue weighted by molar-refractivity contribution is 5.92. The number of benzene rings is 2. The number of alkyl carbamates (subject to hydrolysis) is 1. The summed E-state index contributed by atoms with van der Waals surface area (Å²) in [5.74, 6) is -2.74. The van der Waals surface area contributed by atoms with Crippen molar-refractivity contribution in [2.75, 3.05) is 0 Å². The maximum atomic E-state index is 13.7. The molecule has 0 spiro atoms. The first kappa shape index (κ1) is 41.7. The number of nitrogens with one attached hydrogen (secondary N) is 5. The topological polar surface area (TPSA) is 175 Å². The molecule has 0 aliphatic carbocycles. The van der Waals surface area contributed by atoms with Crippen molar-refractivity contribution in [3.05, 3.63) is 71.8 Å². The van der Waals surface area contributed by atoms with Crippen molar-refractivity contribution in [1.29, 1.82) is 0 Å². The van der Waals surface area contributed by atoms with E-state index in [1.54, 1.807) is 55.4 Å². The maximum absolute atomic E-state index is 13.7. The van der Waals surface area contributed by atoms with Crippen molar-refractivity contribution in [2.45, 2.75) is 123 Å². The van der Waals surface area contributed by atoms with Crippen LogP contribution in [0.15, 0.2) is 60.7 Å². The summed E-state index contributed by atoms with van der Waals surface area (Å²) in [5.41, 5.74) is 1.12. The number of amides is 5. The van der Waals surface area contributed by atoms with Gasteiger partial charge in [0.2, 0.25) is 23.6 Å². The Hall–Kier alpha value is -4.45. The number of carbonyl (C=O) groups excluding carboxylic acids is 5. The Kier molecular flexibility index (Phi) is 16.4. The van der Waals surface area contributed by atoms with Gasteiger partial charge in [-0.3, -0.25) is 19.2 Å². The summed E-state index contributed by atoms with van der Waals surface area (Å²) in [6.45, 7) is 15.6. The number of hydrogen-bond acceptors (Lipinski definition) is 7. The molecule has 0 aromatic heterocycles. The van der Waals surface area contributed by atoms with Crippen LogP contribution in [0, 0.1) is 11.8 Å². The van der Waals surface area contributed by atoms with Crippen LogP contribution in [0.3, 0.4) is 0 Å². The molecule has 0 saturated carbocycles. The molecule has 0 aliphatic heterocycles. The van der Waals surface area contributed by atoms with E-state index in [0.717, 1.165) is 11.1 Å². The summed E-state index contributed by atoms with van der Waals surface area (Å²) < 4.78 is 5.32. The molecule has 276 valence electrons. The number of rotatable bonds is 17. The fourth-order valence-electron chi connectivity index (χ4n) is 5.26. The molecular formula is C38H57N5O7. The number of aliphatic hydroxyl groups is 1. The quantitative estimate of drug-likeness (QED) is 0.147. The van der Waals surface area contributed by atoms with Crippen molar-refractivity contribution >= 4 is 29.7 Å². The van der Waals surface area contributed by atoms with E-state index in [9.17, 15) is 29.1 Å². The average molecular weight is 696 g/mol. The number of ether oxygens (including phenoxy) is 1. The van der Waals surface area contributed by atoms with Crippen molar-refractivity contribution in [2.24, 2.45) is 11.8 Å². The van der Waals surface area contributed by atoms with Crippen LogP contribution < -0.4 is 26.6 Å². The minimum Gasteiger partial charge on any atom is -0.444 e. The predicted molar refractivity (Wildman–Crippen MR) is 193 cm³/mol. The zero-order valence-electron chi connectivity index (χ0n) is 30.9. The van der Waals surface area contributed by atoms with E-state index in [1.807, 2.05) is 67.6 Å². The Balaban J connectivity index is 2.11. The van der Waals surface area contributed by atoms with Gasteiger partial charge in [0.25, 0.3) is 0 Å². The SMILES string of the molecule is CC(C)[C@H](NC(=O)OC(C)(C)C)C(=O)N[C@H](C(=O)N[C@@H](Cc1ccccc1)[C@@H](O)CC(=O)N[C@@H](C)C(=O)N[C@H](C)Cc1ccccc1)C(C)C. The van der Waals surface area contributed by atoms with Gasteiger partial charge in [0.1, 0.15) is 23.7 Å². The van der Waals surface area contributed by atoms with Crippen molar-refractivity contribution in [1.82, 2.24) is 26.6 Å². The van der Waals surface area contributed by atoms with Gasteiger partial charge in [-0.25, -0.2) is 4.79 Å². The molecule has 50 heavy (non-hydrogen) atoms. The smallest absolute Gasteiger partial charge is 0.408 e. The molecule has 0 aliphatic rings. The third kappa shape index (κ3) is 15.0. The fourth-order valence-corrected chi connectivity index (χ4v) is 5.26. The average Bonchev–Trinajstić information content (AvgIpc) is 3.01. The molecule has 0 heterocycles. The van der Waals surface area contributed by atoms with Gasteiger partial charge in [-0.1, -0.05) is 88.4 Å². The minimum atomic E-state index is -1.33. The lowest BCUT2D eigenvalue weighted by Gasteiger charge is -2.30. The van der Waals surface area contributed by atoms with E-state index in [-0.39, 0.29) is 36.6 Å². The molecule has 12 heteroatoms. The van der Waals surface area contributed by atoms with Crippen LogP contribution in [0.25, 0.3) is 0 Å². The normalized spacial score (nSPS) is 15.1. The van der Waals surface area contributed by atoms with Crippen LogP contribution in [0.1, 0.15) is 79.9 Å². The van der Waals surface area contributed by atoms with Gasteiger partial charge < -0.3 is 36.4 Å². The summed E-state index contributed by atoms with van der Waals surface area (Å²) in [7, 11) is 0. The second-order valence-corrected chi connectivity index (χ2v) is 14.6. The van der Waals surface area contributed by atoms with Crippen LogP contribution in [0.5, 0.6) is 0 Å².